The Morgan fingerprint density at radius 3 is 2.48 bits per heavy atom. The Morgan fingerprint density at radius 1 is 1.03 bits per heavy atom. The fourth-order valence-electron chi connectivity index (χ4n) is 4.34. The molecule has 6 heteroatoms. The van der Waals surface area contributed by atoms with Crippen LogP contribution in [0.4, 0.5) is 8.78 Å². The van der Waals surface area contributed by atoms with Crippen LogP contribution in [0.5, 0.6) is 5.75 Å². The third-order valence-electron chi connectivity index (χ3n) is 5.80. The van der Waals surface area contributed by atoms with Crippen LogP contribution >= 0.6 is 0 Å². The first kappa shape index (κ1) is 21.2. The van der Waals surface area contributed by atoms with Crippen LogP contribution < -0.4 is 10.1 Å². The fraction of sp³-hybridized carbons (Fsp3) is 0.360. The number of amides is 1. The second kappa shape index (κ2) is 8.61. The molecule has 2 aliphatic rings. The summed E-state index contributed by atoms with van der Waals surface area (Å²) >= 11 is 0. The lowest BCUT2D eigenvalue weighted by Crippen LogP contribution is -2.38. The molecule has 1 aliphatic heterocycles. The molecule has 0 spiro atoms. The van der Waals surface area contributed by atoms with Crippen LogP contribution in [0.15, 0.2) is 53.7 Å². The van der Waals surface area contributed by atoms with Crippen molar-refractivity contribution >= 4 is 11.7 Å². The number of benzene rings is 2. The van der Waals surface area contributed by atoms with E-state index in [4.69, 9.17) is 4.74 Å². The van der Waals surface area contributed by atoms with E-state index in [0.717, 1.165) is 29.5 Å². The molecule has 4 nitrogen and oxygen atoms in total. The molecule has 0 aromatic heterocycles. The average molecular weight is 425 g/mol. The minimum atomic E-state index is -0.764. The van der Waals surface area contributed by atoms with Crippen LogP contribution in [0.25, 0.3) is 0 Å². The topological polar surface area (TPSA) is 55.4 Å². The summed E-state index contributed by atoms with van der Waals surface area (Å²) < 4.78 is 33.9. The molecule has 162 valence electrons. The normalized spacial score (nSPS) is 21.2. The third kappa shape index (κ3) is 4.53. The number of Topliss-reactive ketones (excluding diaryl/α,β-unsaturated/α-hetero) is 1. The number of carbonyl (C=O) groups is 2. The average Bonchev–Trinajstić information content (AvgIpc) is 2.73. The zero-order valence-corrected chi connectivity index (χ0v) is 17.6. The SMILES string of the molecule is CC(C)COc1ccc(C2CC(=O)C3=C(C2)NC(=O)CC3c2cc(F)ccc2F)cc1. The summed E-state index contributed by atoms with van der Waals surface area (Å²) in [6, 6.07) is 10.8. The highest BCUT2D eigenvalue weighted by Crippen LogP contribution is 2.43. The first-order valence-electron chi connectivity index (χ1n) is 10.6. The number of allylic oxidation sites excluding steroid dienone is 2. The molecule has 1 N–H and O–H groups in total. The van der Waals surface area contributed by atoms with Crippen molar-refractivity contribution in [3.63, 3.8) is 0 Å². The molecule has 1 amide bonds. The highest BCUT2D eigenvalue weighted by molar-refractivity contribution is 6.02. The molecular formula is C25H25F2NO3. The fourth-order valence-corrected chi connectivity index (χ4v) is 4.34. The summed E-state index contributed by atoms with van der Waals surface area (Å²) in [6.07, 6.45) is 0.651. The Kier molecular flexibility index (Phi) is 5.90. The maximum atomic E-state index is 14.4. The van der Waals surface area contributed by atoms with Gasteiger partial charge >= 0.3 is 0 Å². The number of rotatable bonds is 5. The second-order valence-electron chi connectivity index (χ2n) is 8.67. The Labute approximate surface area is 180 Å². The molecular weight excluding hydrogens is 400 g/mol. The van der Waals surface area contributed by atoms with Gasteiger partial charge in [-0.2, -0.15) is 0 Å². The summed E-state index contributed by atoms with van der Waals surface area (Å²) in [4.78, 5) is 25.4. The Balaban J connectivity index is 1.61. The maximum Gasteiger partial charge on any atom is 0.225 e. The van der Waals surface area contributed by atoms with Crippen LogP contribution in [0.2, 0.25) is 0 Å². The van der Waals surface area contributed by atoms with Crippen molar-refractivity contribution < 1.29 is 23.1 Å². The quantitative estimate of drug-likeness (QED) is 0.733. The van der Waals surface area contributed by atoms with Crippen LogP contribution in [0, 0.1) is 17.6 Å². The minimum absolute atomic E-state index is 0.0563. The summed E-state index contributed by atoms with van der Waals surface area (Å²) in [5.41, 5.74) is 1.95. The van der Waals surface area contributed by atoms with E-state index in [-0.39, 0.29) is 36.0 Å². The van der Waals surface area contributed by atoms with Crippen LogP contribution in [-0.2, 0) is 9.59 Å². The van der Waals surface area contributed by atoms with E-state index in [1.165, 1.54) is 0 Å². The summed E-state index contributed by atoms with van der Waals surface area (Å²) in [6.45, 7) is 4.78. The van der Waals surface area contributed by atoms with E-state index < -0.39 is 17.6 Å². The second-order valence-corrected chi connectivity index (χ2v) is 8.67. The van der Waals surface area contributed by atoms with Gasteiger partial charge in [-0.15, -0.1) is 0 Å². The summed E-state index contributed by atoms with van der Waals surface area (Å²) in [5.74, 6) is -1.30. The molecule has 2 atom stereocenters. The third-order valence-corrected chi connectivity index (χ3v) is 5.80. The van der Waals surface area contributed by atoms with Crippen molar-refractivity contribution in [2.24, 2.45) is 5.92 Å². The van der Waals surface area contributed by atoms with Gasteiger partial charge in [-0.25, -0.2) is 8.78 Å². The molecule has 0 fully saturated rings. The number of ether oxygens (including phenoxy) is 1. The number of halogens is 2. The molecule has 0 saturated heterocycles. The van der Waals surface area contributed by atoms with Gasteiger partial charge in [0.05, 0.1) is 6.61 Å². The predicted molar refractivity (Wildman–Crippen MR) is 113 cm³/mol. The highest BCUT2D eigenvalue weighted by Gasteiger charge is 2.39. The first-order chi connectivity index (χ1) is 14.8. The van der Waals surface area contributed by atoms with Gasteiger partial charge in [0.15, 0.2) is 5.78 Å². The standard InChI is InChI=1S/C25H25F2NO3/c1-14(2)13-31-18-6-3-15(4-7-18)16-9-22-25(23(29)10-16)20(12-24(30)28-22)19-11-17(26)5-8-21(19)27/h3-8,11,14,16,20H,9-10,12-13H2,1-2H3,(H,28,30). The van der Waals surface area contributed by atoms with Crippen molar-refractivity contribution in [2.75, 3.05) is 6.61 Å². The Bertz CT molecular complexity index is 1040. The number of ketones is 1. The van der Waals surface area contributed by atoms with Gasteiger partial charge in [-0.3, -0.25) is 9.59 Å². The number of carbonyl (C=O) groups excluding carboxylic acids is 2. The van der Waals surface area contributed by atoms with Crippen molar-refractivity contribution in [2.45, 2.75) is 44.9 Å². The largest absolute Gasteiger partial charge is 0.493 e. The molecule has 2 aromatic carbocycles. The van der Waals surface area contributed by atoms with E-state index in [2.05, 4.69) is 19.2 Å². The summed E-state index contributed by atoms with van der Waals surface area (Å²) in [5, 5.41) is 2.81. The van der Waals surface area contributed by atoms with Gasteiger partial charge in [0.25, 0.3) is 0 Å². The Morgan fingerprint density at radius 2 is 1.77 bits per heavy atom. The predicted octanol–water partition coefficient (Wildman–Crippen LogP) is 5.00. The smallest absolute Gasteiger partial charge is 0.225 e. The van der Waals surface area contributed by atoms with Crippen LogP contribution in [0.3, 0.4) is 0 Å². The van der Waals surface area contributed by atoms with Gasteiger partial charge in [0.1, 0.15) is 17.4 Å². The zero-order valence-electron chi connectivity index (χ0n) is 17.6. The molecule has 2 unspecified atom stereocenters. The highest BCUT2D eigenvalue weighted by atomic mass is 19.1. The van der Waals surface area contributed by atoms with Gasteiger partial charge in [0.2, 0.25) is 5.91 Å². The molecule has 4 rings (SSSR count). The van der Waals surface area contributed by atoms with Crippen molar-refractivity contribution in [1.29, 1.82) is 0 Å². The molecule has 0 radical (unpaired) electrons. The molecule has 0 saturated carbocycles. The van der Waals surface area contributed by atoms with Crippen molar-refractivity contribution in [3.05, 3.63) is 76.5 Å². The first-order valence-corrected chi connectivity index (χ1v) is 10.6. The van der Waals surface area contributed by atoms with E-state index >= 15 is 0 Å². The lowest BCUT2D eigenvalue weighted by Gasteiger charge is -2.34. The van der Waals surface area contributed by atoms with Gasteiger partial charge in [-0.1, -0.05) is 26.0 Å². The molecule has 2 aromatic rings. The van der Waals surface area contributed by atoms with Gasteiger partial charge in [-0.05, 0) is 59.7 Å². The van der Waals surface area contributed by atoms with E-state index in [1.807, 2.05) is 24.3 Å². The lowest BCUT2D eigenvalue weighted by molar-refractivity contribution is -0.122. The molecule has 1 aliphatic carbocycles. The lowest BCUT2D eigenvalue weighted by atomic mass is 9.73. The number of hydrogen-bond acceptors (Lipinski definition) is 3. The zero-order chi connectivity index (χ0) is 22.1. The van der Waals surface area contributed by atoms with Gasteiger partial charge < -0.3 is 10.1 Å². The monoisotopic (exact) mass is 425 g/mol. The minimum Gasteiger partial charge on any atom is -0.493 e. The van der Waals surface area contributed by atoms with E-state index in [0.29, 0.717) is 30.2 Å². The Hall–Kier alpha value is -3.02. The van der Waals surface area contributed by atoms with Crippen LogP contribution in [-0.4, -0.2) is 18.3 Å². The molecule has 0 bridgehead atoms. The molecule has 31 heavy (non-hydrogen) atoms. The van der Waals surface area contributed by atoms with Gasteiger partial charge in [0, 0.05) is 30.0 Å². The van der Waals surface area contributed by atoms with Crippen molar-refractivity contribution in [1.82, 2.24) is 5.32 Å². The summed E-state index contributed by atoms with van der Waals surface area (Å²) in [7, 11) is 0. The number of hydrogen-bond donors (Lipinski definition) is 1. The van der Waals surface area contributed by atoms with Crippen molar-refractivity contribution in [3.8, 4) is 5.75 Å². The van der Waals surface area contributed by atoms with Crippen LogP contribution in [0.1, 0.15) is 56.1 Å². The molecule has 1 heterocycles. The van der Waals surface area contributed by atoms with E-state index in [9.17, 15) is 18.4 Å². The maximum absolute atomic E-state index is 14.4. The number of nitrogens with one attached hydrogen (secondary N) is 1. The van der Waals surface area contributed by atoms with E-state index in [1.54, 1.807) is 0 Å².